The number of aromatic nitrogens is 4. The Labute approximate surface area is 226 Å². The summed E-state index contributed by atoms with van der Waals surface area (Å²) in [6.07, 6.45) is 6.58. The molecule has 2 saturated heterocycles. The Kier molecular flexibility index (Phi) is 5.99. The van der Waals surface area contributed by atoms with Gasteiger partial charge in [-0.1, -0.05) is 36.4 Å². The van der Waals surface area contributed by atoms with Crippen molar-refractivity contribution in [3.63, 3.8) is 0 Å². The van der Waals surface area contributed by atoms with Gasteiger partial charge >= 0.3 is 0 Å². The highest BCUT2D eigenvalue weighted by atomic mass is 16.3. The van der Waals surface area contributed by atoms with E-state index >= 15 is 0 Å². The van der Waals surface area contributed by atoms with Gasteiger partial charge in [0.05, 0.1) is 23.1 Å². The second-order valence-electron chi connectivity index (χ2n) is 11.2. The number of Topliss-reactive ketones (excluding diaryl/α,β-unsaturated/α-hetero) is 1. The molecular formula is C30H32N6O3. The number of anilines is 1. The van der Waals surface area contributed by atoms with Crippen molar-refractivity contribution in [2.75, 3.05) is 5.73 Å². The molecule has 9 nitrogen and oxygen atoms in total. The molecule has 39 heavy (non-hydrogen) atoms. The molecule has 0 radical (unpaired) electrons. The maximum atomic E-state index is 13.0. The molecule has 4 aromatic rings. The Morgan fingerprint density at radius 1 is 1.00 bits per heavy atom. The number of nitrogens with zero attached hydrogens (tertiary/aromatic N) is 5. The Hall–Kier alpha value is -4.11. The van der Waals surface area contributed by atoms with Crippen molar-refractivity contribution >= 4 is 23.2 Å². The van der Waals surface area contributed by atoms with Crippen LogP contribution in [0.3, 0.4) is 0 Å². The van der Waals surface area contributed by atoms with Gasteiger partial charge in [-0.15, -0.1) is 0 Å². The van der Waals surface area contributed by atoms with Crippen LogP contribution in [0.2, 0.25) is 0 Å². The number of aliphatic hydroxyl groups is 1. The van der Waals surface area contributed by atoms with Gasteiger partial charge in [0, 0.05) is 40.9 Å². The minimum absolute atomic E-state index is 0.00848. The predicted octanol–water partition coefficient (Wildman–Crippen LogP) is 4.25. The normalized spacial score (nSPS) is 20.9. The summed E-state index contributed by atoms with van der Waals surface area (Å²) < 4.78 is 1.53. The van der Waals surface area contributed by atoms with Gasteiger partial charge in [-0.05, 0) is 52.5 Å². The van der Waals surface area contributed by atoms with Crippen LogP contribution in [0.4, 0.5) is 5.82 Å². The van der Waals surface area contributed by atoms with Crippen molar-refractivity contribution < 1.29 is 14.7 Å². The number of carbonyl (C=O) groups excluding carboxylic acids is 2. The van der Waals surface area contributed by atoms with Crippen LogP contribution in [0.1, 0.15) is 68.4 Å². The third-order valence-corrected chi connectivity index (χ3v) is 8.08. The summed E-state index contributed by atoms with van der Waals surface area (Å²) in [5.41, 5.74) is 10.3. The van der Waals surface area contributed by atoms with Gasteiger partial charge in [0.15, 0.2) is 11.4 Å². The van der Waals surface area contributed by atoms with E-state index in [1.54, 1.807) is 12.4 Å². The first kappa shape index (κ1) is 25.2. The van der Waals surface area contributed by atoms with E-state index in [1.165, 1.54) is 25.3 Å². The van der Waals surface area contributed by atoms with E-state index in [1.807, 2.05) is 47.4 Å². The molecule has 0 aliphatic carbocycles. The largest absolute Gasteiger partial charge is 0.383 e. The lowest BCUT2D eigenvalue weighted by atomic mass is 9.84. The summed E-state index contributed by atoms with van der Waals surface area (Å²) in [4.78, 5) is 37.4. The maximum Gasteiger partial charge on any atom is 0.254 e. The maximum absolute atomic E-state index is 13.0. The van der Waals surface area contributed by atoms with E-state index < -0.39 is 5.60 Å². The van der Waals surface area contributed by atoms with Crippen LogP contribution in [0.15, 0.2) is 54.9 Å². The van der Waals surface area contributed by atoms with E-state index in [0.29, 0.717) is 29.7 Å². The minimum Gasteiger partial charge on any atom is -0.383 e. The molecule has 0 spiro atoms. The number of hydrogen-bond donors (Lipinski definition) is 2. The fourth-order valence-corrected chi connectivity index (χ4v) is 6.27. The zero-order valence-electron chi connectivity index (χ0n) is 22.3. The van der Waals surface area contributed by atoms with E-state index in [2.05, 4.69) is 10.1 Å². The van der Waals surface area contributed by atoms with Crippen LogP contribution in [0, 0.1) is 0 Å². The van der Waals surface area contributed by atoms with Crippen molar-refractivity contribution in [1.82, 2.24) is 24.5 Å². The summed E-state index contributed by atoms with van der Waals surface area (Å²) in [6.45, 7) is 4.57. The second kappa shape index (κ2) is 9.27. The smallest absolute Gasteiger partial charge is 0.254 e. The van der Waals surface area contributed by atoms with Gasteiger partial charge in [0.25, 0.3) is 5.91 Å². The molecule has 2 bridgehead atoms. The monoisotopic (exact) mass is 524 g/mol. The van der Waals surface area contributed by atoms with Crippen molar-refractivity contribution in [2.24, 2.45) is 0 Å². The van der Waals surface area contributed by atoms with Gasteiger partial charge in [-0.3, -0.25) is 14.6 Å². The Morgan fingerprint density at radius 2 is 1.69 bits per heavy atom. The number of benzene rings is 1. The van der Waals surface area contributed by atoms with Crippen molar-refractivity contribution in [3.8, 4) is 22.4 Å². The van der Waals surface area contributed by atoms with E-state index in [9.17, 15) is 14.7 Å². The van der Waals surface area contributed by atoms with E-state index in [0.717, 1.165) is 35.2 Å². The van der Waals surface area contributed by atoms with Gasteiger partial charge in [-0.2, -0.15) is 9.61 Å². The first-order valence-corrected chi connectivity index (χ1v) is 13.4. The van der Waals surface area contributed by atoms with Crippen LogP contribution >= 0.6 is 0 Å². The van der Waals surface area contributed by atoms with Crippen LogP contribution < -0.4 is 5.73 Å². The second-order valence-corrected chi connectivity index (χ2v) is 11.2. The fraction of sp³-hybridized carbons (Fsp3) is 0.367. The number of carbonyl (C=O) groups is 2. The summed E-state index contributed by atoms with van der Waals surface area (Å²) >= 11 is 0. The lowest BCUT2D eigenvalue weighted by molar-refractivity contribution is -0.152. The number of amides is 1. The molecule has 5 heterocycles. The predicted molar refractivity (Wildman–Crippen MR) is 148 cm³/mol. The quantitative estimate of drug-likeness (QED) is 0.374. The van der Waals surface area contributed by atoms with Crippen molar-refractivity contribution in [1.29, 1.82) is 0 Å². The van der Waals surface area contributed by atoms with E-state index in [4.69, 9.17) is 10.7 Å². The zero-order valence-corrected chi connectivity index (χ0v) is 22.3. The summed E-state index contributed by atoms with van der Waals surface area (Å²) in [7, 11) is 0. The number of hydrogen-bond acceptors (Lipinski definition) is 7. The Bertz CT molecular complexity index is 1560. The molecule has 1 amide bonds. The van der Waals surface area contributed by atoms with Gasteiger partial charge in [-0.25, -0.2) is 4.98 Å². The fourth-order valence-electron chi connectivity index (χ4n) is 6.27. The van der Waals surface area contributed by atoms with Gasteiger partial charge in [0.2, 0.25) is 0 Å². The van der Waals surface area contributed by atoms with Crippen molar-refractivity contribution in [3.05, 3.63) is 66.1 Å². The van der Waals surface area contributed by atoms with E-state index in [-0.39, 0.29) is 35.5 Å². The molecule has 3 aromatic heterocycles. The highest BCUT2D eigenvalue weighted by Gasteiger charge is 2.47. The number of nitrogen functional groups attached to an aromatic ring is 1. The minimum atomic E-state index is -1.42. The molecule has 200 valence electrons. The van der Waals surface area contributed by atoms with Crippen LogP contribution in [-0.4, -0.2) is 59.0 Å². The molecule has 6 rings (SSSR count). The molecule has 0 saturated carbocycles. The van der Waals surface area contributed by atoms with Crippen LogP contribution in [0.5, 0.6) is 0 Å². The zero-order chi connectivity index (χ0) is 27.5. The average Bonchev–Trinajstić information content (AvgIpc) is 3.45. The van der Waals surface area contributed by atoms with Crippen LogP contribution in [0.25, 0.3) is 28.0 Å². The summed E-state index contributed by atoms with van der Waals surface area (Å²) in [5, 5.41) is 14.9. The third-order valence-electron chi connectivity index (χ3n) is 8.08. The molecule has 2 aliphatic heterocycles. The number of ketones is 1. The standard InChI is InChI=1S/C30H32N6O3/c1-17(37)25-26(20-13-21-10-11-22(14-20)35(21)29(38)30(2,3)39)34-28-23(16-33-36(28)27(25)31)19-9-12-24(32-15-19)18-7-5-4-6-8-18/h4-9,12,15-16,20-22,39H,10-11,13-14,31H2,1-3H3/t20-,21-,22+. The molecule has 3 N–H and O–H groups in total. The van der Waals surface area contributed by atoms with Gasteiger partial charge < -0.3 is 15.7 Å². The van der Waals surface area contributed by atoms with Crippen LogP contribution in [-0.2, 0) is 4.79 Å². The molecule has 1 aromatic carbocycles. The number of piperidine rings is 1. The molecule has 0 unspecified atom stereocenters. The topological polar surface area (TPSA) is 127 Å². The third kappa shape index (κ3) is 4.27. The number of fused-ring (bicyclic) bond motifs is 3. The molecular weight excluding hydrogens is 492 g/mol. The lowest BCUT2D eigenvalue weighted by Crippen LogP contribution is -2.53. The molecule has 2 fully saturated rings. The summed E-state index contributed by atoms with van der Waals surface area (Å²) in [6, 6.07) is 13.9. The Morgan fingerprint density at radius 3 is 2.28 bits per heavy atom. The van der Waals surface area contributed by atoms with Gasteiger partial charge in [0.1, 0.15) is 11.4 Å². The number of pyridine rings is 1. The number of rotatable bonds is 5. The Balaban J connectivity index is 1.39. The first-order valence-electron chi connectivity index (χ1n) is 13.4. The highest BCUT2D eigenvalue weighted by molar-refractivity contribution is 6.00. The highest BCUT2D eigenvalue weighted by Crippen LogP contribution is 2.45. The van der Waals surface area contributed by atoms with Crippen molar-refractivity contribution in [2.45, 2.75) is 70.1 Å². The molecule has 2 aliphatic rings. The summed E-state index contributed by atoms with van der Waals surface area (Å²) in [5.74, 6) is -0.177. The molecule has 3 atom stereocenters. The molecule has 9 heteroatoms. The first-order chi connectivity index (χ1) is 18.6. The number of nitrogens with two attached hydrogens (primary N) is 1. The SMILES string of the molecule is CC(=O)c1c([C@@H]2C[C@H]3CC[C@@H](C2)N3C(=O)C(C)(C)O)nc2c(-c3ccc(-c4ccccc4)nc3)cnn2c1N. The average molecular weight is 525 g/mol. The lowest BCUT2D eigenvalue weighted by Gasteiger charge is -2.41.